The van der Waals surface area contributed by atoms with Crippen molar-refractivity contribution in [3.05, 3.63) is 82.6 Å². The molecule has 174 valence electrons. The fourth-order valence-electron chi connectivity index (χ4n) is 3.69. The molecule has 0 saturated carbocycles. The highest BCUT2D eigenvalue weighted by molar-refractivity contribution is 6.30. The van der Waals surface area contributed by atoms with Crippen molar-refractivity contribution in [1.29, 1.82) is 0 Å². The van der Waals surface area contributed by atoms with E-state index in [-0.39, 0.29) is 28.1 Å². The molecule has 1 saturated heterocycles. The summed E-state index contributed by atoms with van der Waals surface area (Å²) < 4.78 is 19.4. The highest BCUT2D eigenvalue weighted by atomic mass is 35.5. The van der Waals surface area contributed by atoms with Crippen LogP contribution in [-0.4, -0.2) is 31.4 Å². The summed E-state index contributed by atoms with van der Waals surface area (Å²) in [6, 6.07) is 15.3. The van der Waals surface area contributed by atoms with Crippen molar-refractivity contribution in [2.75, 3.05) is 29.2 Å². The number of anilines is 3. The highest BCUT2D eigenvalue weighted by Gasteiger charge is 2.22. The Morgan fingerprint density at radius 1 is 1.03 bits per heavy atom. The van der Waals surface area contributed by atoms with Crippen molar-refractivity contribution in [1.82, 2.24) is 0 Å². The zero-order valence-corrected chi connectivity index (χ0v) is 19.0. The summed E-state index contributed by atoms with van der Waals surface area (Å²) in [4.78, 5) is 39.1. The van der Waals surface area contributed by atoms with Gasteiger partial charge < -0.3 is 20.3 Å². The van der Waals surface area contributed by atoms with Gasteiger partial charge in [0.05, 0.1) is 18.4 Å². The van der Waals surface area contributed by atoms with E-state index in [4.69, 9.17) is 16.3 Å². The topological polar surface area (TPSA) is 87.7 Å². The monoisotopic (exact) mass is 481 g/mol. The standard InChI is InChI=1S/C25H21ClFN3O4/c1-34-22-10-8-17(14-21(22)29-25(33)19-9-7-16(26)13-20(19)27)28-24(32)15-4-2-5-18(12-15)30-11-3-6-23(30)31/h2,4-5,7-10,12-14H,3,6,11H2,1H3,(H,28,32)(H,29,33). The Bertz CT molecular complexity index is 1280. The minimum absolute atomic E-state index is 0.0326. The number of ether oxygens (including phenoxy) is 1. The van der Waals surface area contributed by atoms with E-state index in [9.17, 15) is 18.8 Å². The molecule has 0 spiro atoms. The number of nitrogens with zero attached hydrogens (tertiary/aromatic N) is 1. The second-order valence-electron chi connectivity index (χ2n) is 7.65. The van der Waals surface area contributed by atoms with Gasteiger partial charge in [-0.15, -0.1) is 0 Å². The van der Waals surface area contributed by atoms with E-state index in [1.54, 1.807) is 41.3 Å². The average Bonchev–Trinajstić information content (AvgIpc) is 3.25. The summed E-state index contributed by atoms with van der Waals surface area (Å²) in [7, 11) is 1.43. The Labute approximate surface area is 200 Å². The number of carbonyl (C=O) groups is 3. The minimum atomic E-state index is -0.759. The van der Waals surface area contributed by atoms with Crippen LogP contribution in [0.5, 0.6) is 5.75 Å². The zero-order valence-electron chi connectivity index (χ0n) is 18.2. The molecule has 0 atom stereocenters. The molecule has 3 aromatic rings. The van der Waals surface area contributed by atoms with Crippen LogP contribution in [0.1, 0.15) is 33.6 Å². The van der Waals surface area contributed by atoms with E-state index in [1.807, 2.05) is 0 Å². The molecule has 0 bridgehead atoms. The van der Waals surface area contributed by atoms with Crippen molar-refractivity contribution in [2.24, 2.45) is 0 Å². The van der Waals surface area contributed by atoms with Gasteiger partial charge in [-0.1, -0.05) is 17.7 Å². The molecule has 1 aliphatic rings. The Balaban J connectivity index is 1.53. The molecule has 7 nitrogen and oxygen atoms in total. The zero-order chi connectivity index (χ0) is 24.2. The van der Waals surface area contributed by atoms with Gasteiger partial charge in [0, 0.05) is 34.9 Å². The van der Waals surface area contributed by atoms with Crippen LogP contribution < -0.4 is 20.3 Å². The molecule has 9 heteroatoms. The number of rotatable bonds is 6. The Hall–Kier alpha value is -3.91. The second kappa shape index (κ2) is 9.93. The van der Waals surface area contributed by atoms with Gasteiger partial charge in [0.25, 0.3) is 11.8 Å². The quantitative estimate of drug-likeness (QED) is 0.511. The Morgan fingerprint density at radius 3 is 2.56 bits per heavy atom. The van der Waals surface area contributed by atoms with Crippen LogP contribution in [0.3, 0.4) is 0 Å². The molecule has 1 heterocycles. The minimum Gasteiger partial charge on any atom is -0.495 e. The number of hydrogen-bond donors (Lipinski definition) is 2. The number of amides is 3. The molecule has 0 aromatic heterocycles. The molecule has 0 aliphatic carbocycles. The third-order valence-electron chi connectivity index (χ3n) is 5.37. The normalized spacial score (nSPS) is 13.0. The number of carbonyl (C=O) groups excluding carboxylic acids is 3. The number of methoxy groups -OCH3 is 1. The van der Waals surface area contributed by atoms with E-state index in [0.29, 0.717) is 35.7 Å². The lowest BCUT2D eigenvalue weighted by molar-refractivity contribution is -0.117. The van der Waals surface area contributed by atoms with Gasteiger partial charge >= 0.3 is 0 Å². The van der Waals surface area contributed by atoms with E-state index in [1.165, 1.54) is 25.3 Å². The largest absolute Gasteiger partial charge is 0.495 e. The molecular formula is C25H21ClFN3O4. The molecule has 2 N–H and O–H groups in total. The lowest BCUT2D eigenvalue weighted by atomic mass is 10.1. The van der Waals surface area contributed by atoms with Crippen molar-refractivity contribution in [2.45, 2.75) is 12.8 Å². The molecule has 4 rings (SSSR count). The molecule has 1 fully saturated rings. The smallest absolute Gasteiger partial charge is 0.258 e. The third kappa shape index (κ3) is 5.02. The first kappa shape index (κ1) is 23.3. The average molecular weight is 482 g/mol. The molecule has 1 aliphatic heterocycles. The van der Waals surface area contributed by atoms with Gasteiger partial charge in [0.15, 0.2) is 0 Å². The van der Waals surface area contributed by atoms with Crippen LogP contribution in [-0.2, 0) is 4.79 Å². The van der Waals surface area contributed by atoms with E-state index in [0.717, 1.165) is 12.5 Å². The summed E-state index contributed by atoms with van der Waals surface area (Å²) in [5, 5.41) is 5.55. The lowest BCUT2D eigenvalue weighted by Gasteiger charge is -2.17. The van der Waals surface area contributed by atoms with Crippen LogP contribution in [0.2, 0.25) is 5.02 Å². The van der Waals surface area contributed by atoms with Crippen molar-refractivity contribution in [3.63, 3.8) is 0 Å². The number of halogens is 2. The van der Waals surface area contributed by atoms with Gasteiger partial charge in [-0.3, -0.25) is 14.4 Å². The van der Waals surface area contributed by atoms with Crippen molar-refractivity contribution < 1.29 is 23.5 Å². The number of benzene rings is 3. The third-order valence-corrected chi connectivity index (χ3v) is 5.61. The van der Waals surface area contributed by atoms with Crippen molar-refractivity contribution in [3.8, 4) is 5.75 Å². The maximum atomic E-state index is 14.1. The molecule has 0 unspecified atom stereocenters. The number of nitrogens with one attached hydrogen (secondary N) is 2. The molecule has 3 aromatic carbocycles. The van der Waals surface area contributed by atoms with Crippen LogP contribution in [0.4, 0.5) is 21.5 Å². The summed E-state index contributed by atoms with van der Waals surface area (Å²) >= 11 is 5.75. The number of hydrogen-bond acceptors (Lipinski definition) is 4. The summed E-state index contributed by atoms with van der Waals surface area (Å²) in [5.41, 5.74) is 1.50. The maximum Gasteiger partial charge on any atom is 0.258 e. The van der Waals surface area contributed by atoms with Gasteiger partial charge in [0.2, 0.25) is 5.91 Å². The van der Waals surface area contributed by atoms with Crippen LogP contribution in [0.25, 0.3) is 0 Å². The highest BCUT2D eigenvalue weighted by Crippen LogP contribution is 2.29. The Kier molecular flexibility index (Phi) is 6.79. The van der Waals surface area contributed by atoms with Crippen molar-refractivity contribution >= 4 is 46.4 Å². The van der Waals surface area contributed by atoms with Gasteiger partial charge in [0.1, 0.15) is 11.6 Å². The summed E-state index contributed by atoms with van der Waals surface area (Å²) in [5.74, 6) is -1.48. The predicted octanol–water partition coefficient (Wildman–Crippen LogP) is 5.12. The first-order valence-electron chi connectivity index (χ1n) is 10.5. The second-order valence-corrected chi connectivity index (χ2v) is 8.08. The molecule has 34 heavy (non-hydrogen) atoms. The first-order valence-corrected chi connectivity index (χ1v) is 10.9. The predicted molar refractivity (Wildman–Crippen MR) is 128 cm³/mol. The van der Waals surface area contributed by atoms with E-state index >= 15 is 0 Å². The van der Waals surface area contributed by atoms with E-state index < -0.39 is 11.7 Å². The van der Waals surface area contributed by atoms with Gasteiger partial charge in [-0.2, -0.15) is 0 Å². The van der Waals surface area contributed by atoms with E-state index in [2.05, 4.69) is 10.6 Å². The van der Waals surface area contributed by atoms with Crippen LogP contribution in [0, 0.1) is 5.82 Å². The molecular weight excluding hydrogens is 461 g/mol. The van der Waals surface area contributed by atoms with Crippen LogP contribution in [0.15, 0.2) is 60.7 Å². The van der Waals surface area contributed by atoms with Crippen LogP contribution >= 0.6 is 11.6 Å². The lowest BCUT2D eigenvalue weighted by Crippen LogP contribution is -2.24. The fourth-order valence-corrected chi connectivity index (χ4v) is 3.84. The SMILES string of the molecule is COc1ccc(NC(=O)c2cccc(N3CCCC3=O)c2)cc1NC(=O)c1ccc(Cl)cc1F. The Morgan fingerprint density at radius 2 is 1.85 bits per heavy atom. The summed E-state index contributed by atoms with van der Waals surface area (Å²) in [6.07, 6.45) is 1.28. The maximum absolute atomic E-state index is 14.1. The van der Waals surface area contributed by atoms with Gasteiger partial charge in [-0.25, -0.2) is 4.39 Å². The summed E-state index contributed by atoms with van der Waals surface area (Å²) in [6.45, 7) is 0.625. The first-order chi connectivity index (χ1) is 16.4. The fraction of sp³-hybridized carbons (Fsp3) is 0.160. The van der Waals surface area contributed by atoms with Gasteiger partial charge in [-0.05, 0) is 61.0 Å². The molecule has 3 amide bonds. The molecule has 0 radical (unpaired) electrons.